The molecule has 0 saturated heterocycles. The van der Waals surface area contributed by atoms with Crippen LogP contribution in [0.2, 0.25) is 0 Å². The van der Waals surface area contributed by atoms with E-state index in [4.69, 9.17) is 0 Å². The topological polar surface area (TPSA) is 0 Å². The van der Waals surface area contributed by atoms with Crippen LogP contribution in [0, 0.1) is 0 Å². The maximum Gasteiger partial charge on any atom is 0.156 e. The monoisotopic (exact) mass is 101 g/mol. The van der Waals surface area contributed by atoms with Crippen LogP contribution in [-0.4, -0.2) is 7.28 Å². The number of fused-ring (bicyclic) bond motifs is 1. The SMILES string of the molecule is [B]1Cc2ccccc21. The van der Waals surface area contributed by atoms with Crippen molar-refractivity contribution in [3.63, 3.8) is 0 Å². The molecule has 0 aromatic heterocycles. The first-order chi connectivity index (χ1) is 3.97. The Morgan fingerprint density at radius 1 is 1.25 bits per heavy atom. The summed E-state index contributed by atoms with van der Waals surface area (Å²) in [7, 11) is 2.25. The summed E-state index contributed by atoms with van der Waals surface area (Å²) in [4.78, 5) is 0. The van der Waals surface area contributed by atoms with Crippen LogP contribution < -0.4 is 5.46 Å². The second kappa shape index (κ2) is 1.38. The van der Waals surface area contributed by atoms with Crippen LogP contribution in [0.4, 0.5) is 0 Å². The first-order valence-corrected chi connectivity index (χ1v) is 2.88. The van der Waals surface area contributed by atoms with Gasteiger partial charge >= 0.3 is 0 Å². The maximum atomic E-state index is 2.25. The first-order valence-electron chi connectivity index (χ1n) is 2.88. The van der Waals surface area contributed by atoms with E-state index in [0.29, 0.717) is 0 Å². The van der Waals surface area contributed by atoms with Gasteiger partial charge in [-0.15, -0.1) is 0 Å². The van der Waals surface area contributed by atoms with Crippen LogP contribution in [0.3, 0.4) is 0 Å². The largest absolute Gasteiger partial charge is 0.156 e. The Kier molecular flexibility index (Phi) is 0.722. The van der Waals surface area contributed by atoms with Crippen molar-refractivity contribution < 1.29 is 0 Å². The molecule has 0 bridgehead atoms. The third kappa shape index (κ3) is 0.415. The summed E-state index contributed by atoms with van der Waals surface area (Å²) in [5.41, 5.74) is 2.92. The minimum atomic E-state index is 1.18. The van der Waals surface area contributed by atoms with Crippen LogP contribution in [0.5, 0.6) is 0 Å². The van der Waals surface area contributed by atoms with Gasteiger partial charge in [0.25, 0.3) is 0 Å². The fourth-order valence-corrected chi connectivity index (χ4v) is 1.01. The Balaban J connectivity index is 2.62. The van der Waals surface area contributed by atoms with Gasteiger partial charge in [0.1, 0.15) is 0 Å². The highest BCUT2D eigenvalue weighted by molar-refractivity contribution is 6.58. The summed E-state index contributed by atoms with van der Waals surface area (Å²) in [5.74, 6) is 0. The Hall–Kier alpha value is -0.715. The van der Waals surface area contributed by atoms with Crippen LogP contribution in [0.1, 0.15) is 5.56 Å². The van der Waals surface area contributed by atoms with E-state index in [2.05, 4.69) is 31.5 Å². The van der Waals surface area contributed by atoms with E-state index in [9.17, 15) is 0 Å². The van der Waals surface area contributed by atoms with Crippen molar-refractivity contribution in [2.24, 2.45) is 0 Å². The van der Waals surface area contributed by atoms with Crippen LogP contribution in [0.15, 0.2) is 24.3 Å². The molecule has 37 valence electrons. The molecule has 0 saturated carbocycles. The van der Waals surface area contributed by atoms with Gasteiger partial charge in [-0.25, -0.2) is 0 Å². The number of hydrogen-bond donors (Lipinski definition) is 0. The first kappa shape index (κ1) is 4.19. The van der Waals surface area contributed by atoms with E-state index in [-0.39, 0.29) is 0 Å². The van der Waals surface area contributed by atoms with Gasteiger partial charge in [0.05, 0.1) is 0 Å². The lowest BCUT2D eigenvalue weighted by molar-refractivity contribution is 1.36. The van der Waals surface area contributed by atoms with Crippen molar-refractivity contribution >= 4 is 12.7 Å². The molecule has 1 heterocycles. The zero-order chi connectivity index (χ0) is 5.40. The molecule has 0 atom stereocenters. The van der Waals surface area contributed by atoms with E-state index in [1.165, 1.54) is 17.3 Å². The molecule has 1 aromatic carbocycles. The van der Waals surface area contributed by atoms with Crippen molar-refractivity contribution in [2.45, 2.75) is 6.32 Å². The normalized spacial score (nSPS) is 13.5. The molecule has 8 heavy (non-hydrogen) atoms. The minimum absolute atomic E-state index is 1.18. The molecule has 1 aliphatic rings. The van der Waals surface area contributed by atoms with Crippen molar-refractivity contribution in [1.82, 2.24) is 0 Å². The summed E-state index contributed by atoms with van der Waals surface area (Å²) in [6.07, 6.45) is 1.18. The Morgan fingerprint density at radius 3 is 2.50 bits per heavy atom. The minimum Gasteiger partial charge on any atom is -0.0850 e. The Morgan fingerprint density at radius 2 is 2.12 bits per heavy atom. The van der Waals surface area contributed by atoms with Gasteiger partial charge in [0.15, 0.2) is 7.28 Å². The van der Waals surface area contributed by atoms with E-state index >= 15 is 0 Å². The van der Waals surface area contributed by atoms with Gasteiger partial charge in [-0.2, -0.15) is 0 Å². The Bertz CT molecular complexity index is 182. The molecule has 1 heteroatoms. The Labute approximate surface area is 49.8 Å². The lowest BCUT2D eigenvalue weighted by atomic mass is 9.53. The quantitative estimate of drug-likeness (QED) is 0.418. The lowest BCUT2D eigenvalue weighted by Gasteiger charge is -2.15. The highest BCUT2D eigenvalue weighted by atomic mass is 14.0. The summed E-state index contributed by atoms with van der Waals surface area (Å²) in [6, 6.07) is 8.49. The fourth-order valence-electron chi connectivity index (χ4n) is 1.01. The second-order valence-electron chi connectivity index (χ2n) is 2.11. The molecule has 0 nitrogen and oxygen atoms in total. The van der Waals surface area contributed by atoms with Crippen LogP contribution in [-0.2, 0) is 6.32 Å². The zero-order valence-electron chi connectivity index (χ0n) is 4.59. The molecule has 0 amide bonds. The smallest absolute Gasteiger partial charge is 0.0850 e. The van der Waals surface area contributed by atoms with Gasteiger partial charge in [-0.1, -0.05) is 41.6 Å². The molecular formula is C7H6B. The number of benzene rings is 1. The maximum absolute atomic E-state index is 2.25. The van der Waals surface area contributed by atoms with Gasteiger partial charge < -0.3 is 0 Å². The van der Waals surface area contributed by atoms with Crippen molar-refractivity contribution in [2.75, 3.05) is 0 Å². The molecule has 0 N–H and O–H groups in total. The standard InChI is InChI=1S/C7H6B/c1-2-4-7-6(3-1)5-8-7/h1-4H,5H2. The molecule has 1 aromatic rings. The average molecular weight is 101 g/mol. The van der Waals surface area contributed by atoms with Crippen LogP contribution >= 0.6 is 0 Å². The highest BCUT2D eigenvalue weighted by Gasteiger charge is 2.10. The third-order valence-electron chi connectivity index (χ3n) is 1.60. The fraction of sp³-hybridized carbons (Fsp3) is 0.143. The predicted octanol–water partition coefficient (Wildman–Crippen LogP) is 0.530. The average Bonchev–Trinajstić information content (AvgIpc) is 1.72. The molecule has 0 unspecified atom stereocenters. The molecule has 0 aliphatic carbocycles. The predicted molar refractivity (Wildman–Crippen MR) is 35.5 cm³/mol. The van der Waals surface area contributed by atoms with Crippen LogP contribution in [0.25, 0.3) is 0 Å². The highest BCUT2D eigenvalue weighted by Crippen LogP contribution is 2.03. The third-order valence-corrected chi connectivity index (χ3v) is 1.60. The van der Waals surface area contributed by atoms with Crippen molar-refractivity contribution in [3.05, 3.63) is 29.8 Å². The van der Waals surface area contributed by atoms with Gasteiger partial charge in [0.2, 0.25) is 0 Å². The number of hydrogen-bond acceptors (Lipinski definition) is 0. The summed E-state index contributed by atoms with van der Waals surface area (Å²) >= 11 is 0. The van der Waals surface area contributed by atoms with Gasteiger partial charge in [0, 0.05) is 0 Å². The zero-order valence-corrected chi connectivity index (χ0v) is 4.59. The van der Waals surface area contributed by atoms with Gasteiger partial charge in [-0.3, -0.25) is 0 Å². The van der Waals surface area contributed by atoms with E-state index in [1.54, 1.807) is 0 Å². The molecule has 0 fully saturated rings. The molecule has 2 rings (SSSR count). The summed E-state index contributed by atoms with van der Waals surface area (Å²) < 4.78 is 0. The molecular weight excluding hydrogens is 94.9 g/mol. The summed E-state index contributed by atoms with van der Waals surface area (Å²) in [5, 5.41) is 0. The molecule has 0 spiro atoms. The molecule has 1 radical (unpaired) electrons. The van der Waals surface area contributed by atoms with Crippen molar-refractivity contribution in [1.29, 1.82) is 0 Å². The van der Waals surface area contributed by atoms with Gasteiger partial charge in [-0.05, 0) is 0 Å². The second-order valence-corrected chi connectivity index (χ2v) is 2.11. The number of rotatable bonds is 0. The summed E-state index contributed by atoms with van der Waals surface area (Å²) in [6.45, 7) is 0. The van der Waals surface area contributed by atoms with E-state index < -0.39 is 0 Å². The van der Waals surface area contributed by atoms with Crippen molar-refractivity contribution in [3.8, 4) is 0 Å². The van der Waals surface area contributed by atoms with E-state index in [0.717, 1.165) is 0 Å². The van der Waals surface area contributed by atoms with E-state index in [1.807, 2.05) is 0 Å². The molecule has 1 aliphatic heterocycles. The lowest BCUT2D eigenvalue weighted by Crippen LogP contribution is -2.32.